The topological polar surface area (TPSA) is 67.7 Å². The van der Waals surface area contributed by atoms with Gasteiger partial charge in [0.2, 0.25) is 0 Å². The molecule has 1 aliphatic heterocycles. The van der Waals surface area contributed by atoms with E-state index in [2.05, 4.69) is 83.8 Å². The maximum atomic E-state index is 5.15. The van der Waals surface area contributed by atoms with Gasteiger partial charge in [0, 0.05) is 33.5 Å². The fourth-order valence-corrected chi connectivity index (χ4v) is 6.26. The molecule has 3 heterocycles. The Hall–Kier alpha value is -6.53. The molecule has 6 heteroatoms. The molecule has 0 fully saturated rings. The smallest absolute Gasteiger partial charge is 0.164 e. The Labute approximate surface area is 271 Å². The molecule has 1 aliphatic rings. The van der Waals surface area contributed by atoms with Gasteiger partial charge in [-0.1, -0.05) is 127 Å². The highest BCUT2D eigenvalue weighted by Crippen LogP contribution is 2.50. The zero-order valence-corrected chi connectivity index (χ0v) is 25.2. The maximum absolute atomic E-state index is 5.15. The van der Waals surface area contributed by atoms with Crippen LogP contribution in [0.2, 0.25) is 0 Å². The summed E-state index contributed by atoms with van der Waals surface area (Å²) in [5, 5.41) is 1.02. The van der Waals surface area contributed by atoms with E-state index in [4.69, 9.17) is 24.9 Å². The van der Waals surface area contributed by atoms with E-state index >= 15 is 0 Å². The summed E-state index contributed by atoms with van der Waals surface area (Å²) in [6.07, 6.45) is 0. The summed E-state index contributed by atoms with van der Waals surface area (Å²) >= 11 is 0. The van der Waals surface area contributed by atoms with Crippen LogP contribution in [-0.4, -0.2) is 24.9 Å². The highest BCUT2D eigenvalue weighted by molar-refractivity contribution is 6.12. The van der Waals surface area contributed by atoms with Crippen LogP contribution in [0.25, 0.3) is 67.7 Å². The van der Waals surface area contributed by atoms with Crippen molar-refractivity contribution < 1.29 is 0 Å². The summed E-state index contributed by atoms with van der Waals surface area (Å²) in [4.78, 5) is 27.3. The third-order valence-electron chi connectivity index (χ3n) is 8.44. The van der Waals surface area contributed by atoms with E-state index in [1.165, 1.54) is 0 Å². The van der Waals surface area contributed by atoms with Gasteiger partial charge in [0.05, 0.1) is 28.0 Å². The second-order valence-electron chi connectivity index (χ2n) is 11.4. The van der Waals surface area contributed by atoms with Gasteiger partial charge in [-0.25, -0.2) is 24.9 Å². The van der Waals surface area contributed by atoms with Gasteiger partial charge in [0.15, 0.2) is 23.3 Å². The molecule has 47 heavy (non-hydrogen) atoms. The summed E-state index contributed by atoms with van der Waals surface area (Å²) in [6.45, 7) is 0. The second-order valence-corrected chi connectivity index (χ2v) is 11.4. The lowest BCUT2D eigenvalue weighted by molar-refractivity contribution is 1.07. The minimum Gasteiger partial charge on any atom is -0.309 e. The molecule has 220 valence electrons. The summed E-state index contributed by atoms with van der Waals surface area (Å²) in [5.74, 6) is 2.59. The van der Waals surface area contributed by atoms with Crippen molar-refractivity contribution in [3.8, 4) is 56.8 Å². The van der Waals surface area contributed by atoms with E-state index in [0.29, 0.717) is 23.3 Å². The molecule has 6 nitrogen and oxygen atoms in total. The number of fused-ring (bicyclic) bond motifs is 2. The minimum absolute atomic E-state index is 0.610. The second kappa shape index (κ2) is 11.1. The van der Waals surface area contributed by atoms with Crippen LogP contribution in [0, 0.1) is 0 Å². The van der Waals surface area contributed by atoms with Crippen LogP contribution in [0.1, 0.15) is 0 Å². The molecule has 0 N–H and O–H groups in total. The van der Waals surface area contributed by atoms with Crippen LogP contribution >= 0.6 is 0 Å². The van der Waals surface area contributed by atoms with Crippen molar-refractivity contribution in [1.29, 1.82) is 0 Å². The number of anilines is 3. The zero-order chi connectivity index (χ0) is 31.2. The van der Waals surface area contributed by atoms with Gasteiger partial charge >= 0.3 is 0 Å². The number of rotatable bonds is 5. The Morgan fingerprint density at radius 1 is 0.362 bits per heavy atom. The lowest BCUT2D eigenvalue weighted by atomic mass is 9.96. The van der Waals surface area contributed by atoms with Gasteiger partial charge in [0.1, 0.15) is 0 Å². The third-order valence-corrected chi connectivity index (χ3v) is 8.44. The molecule has 0 aliphatic carbocycles. The van der Waals surface area contributed by atoms with Gasteiger partial charge in [-0.3, -0.25) is 0 Å². The number of benzene rings is 6. The van der Waals surface area contributed by atoms with Crippen molar-refractivity contribution in [2.75, 3.05) is 4.90 Å². The lowest BCUT2D eigenvalue weighted by Crippen LogP contribution is -2.16. The SMILES string of the molecule is c1ccc(-c2nc(-c3ccccc3)nc(-c3cccc(N4c5ccccc5-c5nc(-c6ccccc6)nc6cccc4c56)c3)n2)cc1. The number of hydrogen-bond donors (Lipinski definition) is 0. The average molecular weight is 603 g/mol. The van der Waals surface area contributed by atoms with Crippen LogP contribution in [0.3, 0.4) is 0 Å². The summed E-state index contributed by atoms with van der Waals surface area (Å²) in [6, 6.07) is 53.4. The molecule has 2 aromatic heterocycles. The van der Waals surface area contributed by atoms with Crippen LogP contribution in [-0.2, 0) is 0 Å². The Balaban J connectivity index is 1.22. The average Bonchev–Trinajstić information content (AvgIpc) is 3.16. The summed E-state index contributed by atoms with van der Waals surface area (Å²) < 4.78 is 0. The van der Waals surface area contributed by atoms with E-state index in [1.54, 1.807) is 0 Å². The first-order chi connectivity index (χ1) is 23.3. The first kappa shape index (κ1) is 26.8. The van der Waals surface area contributed by atoms with E-state index < -0.39 is 0 Å². The number of nitrogens with zero attached hydrogens (tertiary/aromatic N) is 6. The monoisotopic (exact) mass is 602 g/mol. The van der Waals surface area contributed by atoms with Crippen molar-refractivity contribution in [2.24, 2.45) is 0 Å². The fourth-order valence-electron chi connectivity index (χ4n) is 6.26. The van der Waals surface area contributed by atoms with Crippen molar-refractivity contribution >= 4 is 28.0 Å². The number of para-hydroxylation sites is 1. The molecule has 0 bridgehead atoms. The predicted molar refractivity (Wildman–Crippen MR) is 188 cm³/mol. The summed E-state index contributed by atoms with van der Waals surface area (Å²) in [7, 11) is 0. The van der Waals surface area contributed by atoms with Crippen LogP contribution in [0.15, 0.2) is 158 Å². The largest absolute Gasteiger partial charge is 0.309 e. The Morgan fingerprint density at radius 3 is 1.49 bits per heavy atom. The molecule has 0 amide bonds. The molecular formula is C41H26N6. The Morgan fingerprint density at radius 2 is 0.851 bits per heavy atom. The van der Waals surface area contributed by atoms with Crippen LogP contribution < -0.4 is 4.90 Å². The molecule has 6 aromatic carbocycles. The predicted octanol–water partition coefficient (Wildman–Crippen LogP) is 9.93. The Bertz CT molecular complexity index is 2350. The van der Waals surface area contributed by atoms with Crippen molar-refractivity contribution in [3.63, 3.8) is 0 Å². The highest BCUT2D eigenvalue weighted by atomic mass is 15.2. The Kier molecular flexibility index (Phi) is 6.35. The fraction of sp³-hybridized carbons (Fsp3) is 0. The van der Waals surface area contributed by atoms with Crippen molar-refractivity contribution in [3.05, 3.63) is 158 Å². The minimum atomic E-state index is 0.610. The molecule has 0 atom stereocenters. The number of aromatic nitrogens is 5. The van der Waals surface area contributed by atoms with E-state index in [0.717, 1.165) is 61.5 Å². The van der Waals surface area contributed by atoms with Crippen LogP contribution in [0.4, 0.5) is 17.1 Å². The molecule has 0 radical (unpaired) electrons. The van der Waals surface area contributed by atoms with Gasteiger partial charge < -0.3 is 4.90 Å². The van der Waals surface area contributed by atoms with Gasteiger partial charge in [0.25, 0.3) is 0 Å². The van der Waals surface area contributed by atoms with Crippen molar-refractivity contribution in [1.82, 2.24) is 24.9 Å². The van der Waals surface area contributed by atoms with Crippen molar-refractivity contribution in [2.45, 2.75) is 0 Å². The van der Waals surface area contributed by atoms with Gasteiger partial charge in [-0.15, -0.1) is 0 Å². The first-order valence-corrected chi connectivity index (χ1v) is 15.5. The molecule has 0 saturated carbocycles. The van der Waals surface area contributed by atoms with E-state index in [-0.39, 0.29) is 0 Å². The van der Waals surface area contributed by atoms with E-state index in [1.807, 2.05) is 78.9 Å². The standard InChI is InChI=1S/C41H26N6/c1-4-14-27(15-5-1)38-42-33-23-13-25-35-36(33)37(43-38)32-22-10-11-24-34(32)47(35)31-21-12-20-30(26-31)41-45-39(28-16-6-2-7-17-28)44-40(46-41)29-18-8-3-9-19-29/h1-26H. The lowest BCUT2D eigenvalue weighted by Gasteiger charge is -2.33. The zero-order valence-electron chi connectivity index (χ0n) is 25.2. The van der Waals surface area contributed by atoms with Crippen LogP contribution in [0.5, 0.6) is 0 Å². The third kappa shape index (κ3) is 4.71. The van der Waals surface area contributed by atoms with Gasteiger partial charge in [-0.05, 0) is 30.3 Å². The number of hydrogen-bond acceptors (Lipinski definition) is 6. The molecule has 8 aromatic rings. The molecule has 0 unspecified atom stereocenters. The quantitative estimate of drug-likeness (QED) is 0.195. The molecular weight excluding hydrogens is 576 g/mol. The summed E-state index contributed by atoms with van der Waals surface area (Å²) in [5.41, 5.74) is 9.72. The molecule has 0 saturated heterocycles. The van der Waals surface area contributed by atoms with Gasteiger partial charge in [-0.2, -0.15) is 0 Å². The first-order valence-electron chi connectivity index (χ1n) is 15.5. The highest BCUT2D eigenvalue weighted by Gasteiger charge is 2.28. The molecule has 0 spiro atoms. The maximum Gasteiger partial charge on any atom is 0.164 e. The normalized spacial score (nSPS) is 11.8. The molecule has 9 rings (SSSR count). The van der Waals surface area contributed by atoms with E-state index in [9.17, 15) is 0 Å².